The summed E-state index contributed by atoms with van der Waals surface area (Å²) in [5.41, 5.74) is 4.58. The third-order valence-corrected chi connectivity index (χ3v) is 4.05. The standard InChI is InChI=1S/C13H15BrN4/c1-8-4-3-5-10-11(8)17-13-16-9(6-7-15-2)12(14)18(10)13/h3-5,15H,6-7H2,1-2H3,(H,16,17). The molecule has 0 aliphatic rings. The number of halogens is 1. The molecule has 0 aliphatic heterocycles. The highest BCUT2D eigenvalue weighted by Gasteiger charge is 2.14. The van der Waals surface area contributed by atoms with E-state index in [2.05, 4.69) is 60.7 Å². The van der Waals surface area contributed by atoms with Gasteiger partial charge < -0.3 is 10.3 Å². The van der Waals surface area contributed by atoms with Crippen LogP contribution in [0, 0.1) is 6.92 Å². The lowest BCUT2D eigenvalue weighted by Gasteiger charge is -1.99. The highest BCUT2D eigenvalue weighted by molar-refractivity contribution is 9.10. The third kappa shape index (κ3) is 1.66. The van der Waals surface area contributed by atoms with E-state index in [1.165, 1.54) is 11.3 Å². The molecule has 4 nitrogen and oxygen atoms in total. The molecule has 0 bridgehead atoms. The van der Waals surface area contributed by atoms with Gasteiger partial charge in [0.05, 0.1) is 16.7 Å². The van der Waals surface area contributed by atoms with Crippen LogP contribution in [0.25, 0.3) is 16.8 Å². The van der Waals surface area contributed by atoms with Gasteiger partial charge in [-0.15, -0.1) is 0 Å². The number of H-pyrrole nitrogens is 1. The molecule has 3 rings (SSSR count). The van der Waals surface area contributed by atoms with E-state index in [1.807, 2.05) is 7.05 Å². The molecule has 0 saturated carbocycles. The number of nitrogens with one attached hydrogen (secondary N) is 2. The smallest absolute Gasteiger partial charge is 0.213 e. The summed E-state index contributed by atoms with van der Waals surface area (Å²) in [7, 11) is 1.96. The van der Waals surface area contributed by atoms with Crippen LogP contribution in [-0.4, -0.2) is 28.0 Å². The lowest BCUT2D eigenvalue weighted by atomic mass is 10.2. The molecule has 0 fully saturated rings. The van der Waals surface area contributed by atoms with Gasteiger partial charge >= 0.3 is 0 Å². The van der Waals surface area contributed by atoms with Crippen LogP contribution in [0.3, 0.4) is 0 Å². The minimum absolute atomic E-state index is 0.900. The first-order valence-corrected chi connectivity index (χ1v) is 6.80. The van der Waals surface area contributed by atoms with Crippen LogP contribution < -0.4 is 5.32 Å². The van der Waals surface area contributed by atoms with E-state index in [0.717, 1.165) is 34.4 Å². The predicted molar refractivity (Wildman–Crippen MR) is 77.1 cm³/mol. The van der Waals surface area contributed by atoms with Gasteiger partial charge in [0.25, 0.3) is 0 Å². The average Bonchev–Trinajstić information content (AvgIpc) is 2.86. The number of aryl methyl sites for hydroxylation is 1. The van der Waals surface area contributed by atoms with Crippen molar-refractivity contribution in [2.75, 3.05) is 13.6 Å². The Morgan fingerprint density at radius 3 is 3.06 bits per heavy atom. The Hall–Kier alpha value is -1.33. The van der Waals surface area contributed by atoms with Crippen molar-refractivity contribution in [1.82, 2.24) is 19.7 Å². The fourth-order valence-corrected chi connectivity index (χ4v) is 2.92. The summed E-state index contributed by atoms with van der Waals surface area (Å²) in [5, 5.41) is 3.16. The number of likely N-dealkylation sites (N-methyl/N-ethyl adjacent to an activating group) is 1. The lowest BCUT2D eigenvalue weighted by molar-refractivity contribution is 0.777. The van der Waals surface area contributed by atoms with Gasteiger partial charge in [-0.05, 0) is 41.5 Å². The maximum atomic E-state index is 4.66. The normalized spacial score (nSPS) is 11.7. The molecule has 0 aliphatic carbocycles. The number of fused-ring (bicyclic) bond motifs is 3. The maximum Gasteiger partial charge on any atom is 0.213 e. The van der Waals surface area contributed by atoms with E-state index in [-0.39, 0.29) is 0 Å². The summed E-state index contributed by atoms with van der Waals surface area (Å²) in [4.78, 5) is 8.04. The van der Waals surface area contributed by atoms with E-state index in [0.29, 0.717) is 0 Å². The minimum atomic E-state index is 0.900. The molecule has 3 aromatic rings. The number of aromatic amines is 1. The van der Waals surface area contributed by atoms with Gasteiger partial charge in [0, 0.05) is 13.0 Å². The van der Waals surface area contributed by atoms with Crippen molar-refractivity contribution in [3.63, 3.8) is 0 Å². The molecule has 0 unspecified atom stereocenters. The molecule has 0 saturated heterocycles. The SMILES string of the molecule is CNCCc1[nH]c2nc3c(C)cccc3n2c1Br. The van der Waals surface area contributed by atoms with Gasteiger partial charge in [-0.25, -0.2) is 4.98 Å². The number of imidazole rings is 2. The number of para-hydroxylation sites is 1. The summed E-state index contributed by atoms with van der Waals surface area (Å²) in [6.45, 7) is 3.03. The number of hydrogen-bond donors (Lipinski definition) is 2. The monoisotopic (exact) mass is 306 g/mol. The van der Waals surface area contributed by atoms with Crippen molar-refractivity contribution in [1.29, 1.82) is 0 Å². The van der Waals surface area contributed by atoms with Crippen LogP contribution in [0.5, 0.6) is 0 Å². The van der Waals surface area contributed by atoms with Gasteiger partial charge in [-0.2, -0.15) is 0 Å². The first-order chi connectivity index (χ1) is 8.72. The van der Waals surface area contributed by atoms with Crippen LogP contribution >= 0.6 is 15.9 Å². The zero-order valence-corrected chi connectivity index (χ0v) is 12.0. The molecule has 2 aromatic heterocycles. The molecule has 2 N–H and O–H groups in total. The van der Waals surface area contributed by atoms with E-state index >= 15 is 0 Å². The molecule has 5 heteroatoms. The molecular weight excluding hydrogens is 292 g/mol. The summed E-state index contributed by atoms with van der Waals surface area (Å²) < 4.78 is 3.20. The number of aromatic nitrogens is 3. The Morgan fingerprint density at radius 1 is 1.44 bits per heavy atom. The highest BCUT2D eigenvalue weighted by Crippen LogP contribution is 2.26. The van der Waals surface area contributed by atoms with Gasteiger partial charge in [-0.1, -0.05) is 12.1 Å². The highest BCUT2D eigenvalue weighted by atomic mass is 79.9. The summed E-state index contributed by atoms with van der Waals surface area (Å²) in [5.74, 6) is 0.900. The Balaban J connectivity index is 2.24. The van der Waals surface area contributed by atoms with Crippen LogP contribution in [-0.2, 0) is 6.42 Å². The van der Waals surface area contributed by atoms with Gasteiger partial charge in [-0.3, -0.25) is 4.40 Å². The van der Waals surface area contributed by atoms with E-state index in [1.54, 1.807) is 0 Å². The second kappa shape index (κ2) is 4.40. The first kappa shape index (κ1) is 11.7. The van der Waals surface area contributed by atoms with Crippen LogP contribution in [0.15, 0.2) is 22.8 Å². The van der Waals surface area contributed by atoms with Gasteiger partial charge in [0.15, 0.2) is 0 Å². The second-order valence-electron chi connectivity index (χ2n) is 4.46. The van der Waals surface area contributed by atoms with Crippen molar-refractivity contribution in [3.05, 3.63) is 34.1 Å². The van der Waals surface area contributed by atoms with Gasteiger partial charge in [0.1, 0.15) is 4.60 Å². The topological polar surface area (TPSA) is 45.1 Å². The predicted octanol–water partition coefficient (Wildman–Crippen LogP) is 2.65. The van der Waals surface area contributed by atoms with Gasteiger partial charge in [0.2, 0.25) is 5.78 Å². The fraction of sp³-hybridized carbons (Fsp3) is 0.308. The van der Waals surface area contributed by atoms with Crippen molar-refractivity contribution >= 4 is 32.7 Å². The molecule has 0 atom stereocenters. The van der Waals surface area contributed by atoms with Crippen molar-refractivity contribution in [2.45, 2.75) is 13.3 Å². The molecule has 18 heavy (non-hydrogen) atoms. The summed E-state index contributed by atoms with van der Waals surface area (Å²) >= 11 is 3.67. The van der Waals surface area contributed by atoms with Crippen molar-refractivity contribution in [3.8, 4) is 0 Å². The molecule has 94 valence electrons. The summed E-state index contributed by atoms with van der Waals surface area (Å²) in [6.07, 6.45) is 0.952. The van der Waals surface area contributed by atoms with Crippen LogP contribution in [0.2, 0.25) is 0 Å². The molecule has 2 heterocycles. The maximum absolute atomic E-state index is 4.66. The van der Waals surface area contributed by atoms with E-state index < -0.39 is 0 Å². The van der Waals surface area contributed by atoms with Crippen LogP contribution in [0.1, 0.15) is 11.3 Å². The largest absolute Gasteiger partial charge is 0.326 e. The fourth-order valence-electron chi connectivity index (χ4n) is 2.26. The number of hydrogen-bond acceptors (Lipinski definition) is 2. The molecule has 0 radical (unpaired) electrons. The van der Waals surface area contributed by atoms with E-state index in [9.17, 15) is 0 Å². The Bertz CT molecular complexity index is 710. The molecular formula is C13H15BrN4. The minimum Gasteiger partial charge on any atom is -0.326 e. The Morgan fingerprint density at radius 2 is 2.28 bits per heavy atom. The quantitative estimate of drug-likeness (QED) is 0.781. The first-order valence-electron chi connectivity index (χ1n) is 6.01. The second-order valence-corrected chi connectivity index (χ2v) is 5.21. The molecule has 0 amide bonds. The molecule has 1 aromatic carbocycles. The zero-order chi connectivity index (χ0) is 12.7. The van der Waals surface area contributed by atoms with Crippen molar-refractivity contribution < 1.29 is 0 Å². The zero-order valence-electron chi connectivity index (χ0n) is 10.4. The lowest BCUT2D eigenvalue weighted by Crippen LogP contribution is -2.10. The summed E-state index contributed by atoms with van der Waals surface area (Å²) in [6, 6.07) is 6.26. The number of nitrogens with zero attached hydrogens (tertiary/aromatic N) is 2. The Kier molecular flexibility index (Phi) is 2.87. The molecule has 0 spiro atoms. The average molecular weight is 307 g/mol. The van der Waals surface area contributed by atoms with Crippen molar-refractivity contribution in [2.24, 2.45) is 0 Å². The number of rotatable bonds is 3. The van der Waals surface area contributed by atoms with Crippen LogP contribution in [0.4, 0.5) is 0 Å². The Labute approximate surface area is 114 Å². The van der Waals surface area contributed by atoms with E-state index in [4.69, 9.17) is 0 Å². The number of benzene rings is 1. The third-order valence-electron chi connectivity index (χ3n) is 3.22.